The van der Waals surface area contributed by atoms with Gasteiger partial charge in [-0.1, -0.05) is 66.5 Å². The molecule has 0 aromatic rings. The highest BCUT2D eigenvalue weighted by molar-refractivity contribution is 5.82. The molecule has 31 heavy (non-hydrogen) atoms. The molecular weight excluding hydrogens is 376 g/mol. The van der Waals surface area contributed by atoms with Crippen molar-refractivity contribution in [2.75, 3.05) is 0 Å². The molecule has 4 aliphatic carbocycles. The highest BCUT2D eigenvalue weighted by atomic mass is 16.1. The van der Waals surface area contributed by atoms with E-state index in [0.717, 1.165) is 66.6 Å². The summed E-state index contributed by atoms with van der Waals surface area (Å²) in [6.45, 7) is 17.6. The highest BCUT2D eigenvalue weighted by Gasteiger charge is 2.59. The third-order valence-corrected chi connectivity index (χ3v) is 11.3. The minimum Gasteiger partial charge on any atom is -0.299 e. The number of Topliss-reactive ketones (excluding diaryl/α,β-unsaturated/α-hetero) is 1. The Kier molecular flexibility index (Phi) is 6.57. The lowest BCUT2D eigenvalue weighted by atomic mass is 9.46. The second kappa shape index (κ2) is 8.64. The van der Waals surface area contributed by atoms with Crippen LogP contribution in [0.3, 0.4) is 0 Å². The van der Waals surface area contributed by atoms with Crippen molar-refractivity contribution in [3.05, 3.63) is 11.6 Å². The number of fused-ring (bicyclic) bond motifs is 5. The maximum Gasteiger partial charge on any atom is 0.136 e. The van der Waals surface area contributed by atoms with Gasteiger partial charge in [0.25, 0.3) is 0 Å². The molecule has 0 heterocycles. The number of allylic oxidation sites excluding steroid dienone is 2. The molecular formula is C30H50O. The quantitative estimate of drug-likeness (QED) is 0.389. The van der Waals surface area contributed by atoms with Crippen LogP contribution in [0.2, 0.25) is 0 Å². The van der Waals surface area contributed by atoms with Crippen LogP contribution >= 0.6 is 0 Å². The fraction of sp³-hybridized carbons (Fsp3) is 0.900. The summed E-state index contributed by atoms with van der Waals surface area (Å²) in [5.41, 5.74) is 2.38. The Balaban J connectivity index is 1.55. The first-order valence-corrected chi connectivity index (χ1v) is 13.8. The summed E-state index contributed by atoms with van der Waals surface area (Å²) in [6, 6.07) is 0. The van der Waals surface area contributed by atoms with Gasteiger partial charge in [0, 0.05) is 12.8 Å². The van der Waals surface area contributed by atoms with Gasteiger partial charge in [-0.05, 0) is 103 Å². The van der Waals surface area contributed by atoms with Crippen LogP contribution in [0.15, 0.2) is 11.6 Å². The topological polar surface area (TPSA) is 17.1 Å². The third-order valence-electron chi connectivity index (χ3n) is 11.3. The Labute approximate surface area is 193 Å². The average Bonchev–Trinajstić information content (AvgIpc) is 3.05. The Hall–Kier alpha value is -0.590. The van der Waals surface area contributed by atoms with E-state index in [0.29, 0.717) is 16.6 Å². The largest absolute Gasteiger partial charge is 0.299 e. The lowest BCUT2D eigenvalue weighted by Gasteiger charge is -2.58. The first-order chi connectivity index (χ1) is 14.6. The van der Waals surface area contributed by atoms with Crippen molar-refractivity contribution in [2.24, 2.45) is 58.2 Å². The summed E-state index contributed by atoms with van der Waals surface area (Å²) in [6.07, 6.45) is 15.0. The number of ketones is 1. The number of carbonyl (C=O) groups excluding carboxylic acids is 1. The molecule has 3 fully saturated rings. The van der Waals surface area contributed by atoms with Gasteiger partial charge in [0.15, 0.2) is 0 Å². The molecule has 3 saturated carbocycles. The van der Waals surface area contributed by atoms with Crippen molar-refractivity contribution in [2.45, 2.75) is 113 Å². The van der Waals surface area contributed by atoms with Crippen LogP contribution in [0, 0.1) is 58.2 Å². The summed E-state index contributed by atoms with van der Waals surface area (Å²) in [5.74, 6) is 7.34. The van der Waals surface area contributed by atoms with Gasteiger partial charge in [0.05, 0.1) is 0 Å². The number of hydrogen-bond donors (Lipinski definition) is 0. The summed E-state index contributed by atoms with van der Waals surface area (Å²) in [5, 5.41) is 0. The molecule has 0 bridgehead atoms. The first-order valence-electron chi connectivity index (χ1n) is 13.8. The van der Waals surface area contributed by atoms with Gasteiger partial charge in [-0.3, -0.25) is 4.79 Å². The molecule has 1 unspecified atom stereocenters. The van der Waals surface area contributed by atoms with Crippen LogP contribution < -0.4 is 0 Å². The molecule has 0 N–H and O–H groups in total. The van der Waals surface area contributed by atoms with Crippen LogP contribution in [0.1, 0.15) is 113 Å². The molecule has 0 saturated heterocycles. The number of rotatable bonds is 6. The summed E-state index contributed by atoms with van der Waals surface area (Å²) < 4.78 is 0. The minimum absolute atomic E-state index is 0.319. The normalized spacial score (nSPS) is 42.1. The van der Waals surface area contributed by atoms with Crippen molar-refractivity contribution in [1.29, 1.82) is 0 Å². The monoisotopic (exact) mass is 426 g/mol. The van der Waals surface area contributed by atoms with Crippen molar-refractivity contribution >= 4 is 5.78 Å². The maximum atomic E-state index is 12.1. The first kappa shape index (κ1) is 23.6. The second-order valence-corrected chi connectivity index (χ2v) is 13.4. The molecule has 4 aliphatic rings. The number of hydrogen-bond acceptors (Lipinski definition) is 1. The molecule has 0 spiro atoms. The van der Waals surface area contributed by atoms with Gasteiger partial charge in [-0.15, -0.1) is 0 Å². The van der Waals surface area contributed by atoms with Crippen molar-refractivity contribution in [1.82, 2.24) is 0 Å². The lowest BCUT2D eigenvalue weighted by molar-refractivity contribution is -0.122. The third kappa shape index (κ3) is 3.99. The standard InChI is InChI=1S/C30H50O/c1-19(2)8-10-24(20(3)4)21(5)26-12-13-27-25-11-9-22-18-23(31)14-16-29(22,6)28(25)15-17-30(26,27)7/h9,19-21,24-28H,8,10-18H2,1-7H3/t21-,24?,25+,26-,27+,28+,29+,30-/m1/s1. The summed E-state index contributed by atoms with van der Waals surface area (Å²) in [7, 11) is 0. The zero-order valence-corrected chi connectivity index (χ0v) is 21.7. The Bertz CT molecular complexity index is 701. The smallest absolute Gasteiger partial charge is 0.136 e. The van der Waals surface area contributed by atoms with Gasteiger partial charge in [-0.25, -0.2) is 0 Å². The molecule has 8 atom stereocenters. The van der Waals surface area contributed by atoms with E-state index in [-0.39, 0.29) is 0 Å². The van der Waals surface area contributed by atoms with Crippen molar-refractivity contribution in [3.8, 4) is 0 Å². The predicted molar refractivity (Wildman–Crippen MR) is 132 cm³/mol. The van der Waals surface area contributed by atoms with E-state index in [1.807, 2.05) is 0 Å². The minimum atomic E-state index is 0.319. The van der Waals surface area contributed by atoms with Crippen LogP contribution in [0.4, 0.5) is 0 Å². The predicted octanol–water partition coefficient (Wildman–Crippen LogP) is 8.48. The lowest BCUT2D eigenvalue weighted by Crippen LogP contribution is -2.51. The van der Waals surface area contributed by atoms with E-state index in [9.17, 15) is 4.79 Å². The van der Waals surface area contributed by atoms with Crippen molar-refractivity contribution < 1.29 is 4.79 Å². The Morgan fingerprint density at radius 1 is 0.968 bits per heavy atom. The Morgan fingerprint density at radius 3 is 2.39 bits per heavy atom. The zero-order valence-electron chi connectivity index (χ0n) is 21.7. The average molecular weight is 427 g/mol. The van der Waals surface area contributed by atoms with Gasteiger partial charge in [0.1, 0.15) is 5.78 Å². The van der Waals surface area contributed by atoms with Gasteiger partial charge >= 0.3 is 0 Å². The second-order valence-electron chi connectivity index (χ2n) is 13.4. The Morgan fingerprint density at radius 2 is 1.71 bits per heavy atom. The maximum absolute atomic E-state index is 12.1. The van der Waals surface area contributed by atoms with Crippen LogP contribution in [0.5, 0.6) is 0 Å². The molecule has 1 nitrogen and oxygen atoms in total. The fourth-order valence-corrected chi connectivity index (χ4v) is 9.41. The van der Waals surface area contributed by atoms with E-state index in [1.165, 1.54) is 50.5 Å². The molecule has 0 aromatic heterocycles. The molecule has 0 aliphatic heterocycles. The van der Waals surface area contributed by atoms with E-state index >= 15 is 0 Å². The van der Waals surface area contributed by atoms with Crippen LogP contribution in [-0.4, -0.2) is 5.78 Å². The summed E-state index contributed by atoms with van der Waals surface area (Å²) in [4.78, 5) is 12.1. The molecule has 0 radical (unpaired) electrons. The fourth-order valence-electron chi connectivity index (χ4n) is 9.41. The van der Waals surface area contributed by atoms with Crippen LogP contribution in [-0.2, 0) is 4.79 Å². The van der Waals surface area contributed by atoms with E-state index < -0.39 is 0 Å². The zero-order chi connectivity index (χ0) is 22.6. The molecule has 0 amide bonds. The van der Waals surface area contributed by atoms with Crippen LogP contribution in [0.25, 0.3) is 0 Å². The summed E-state index contributed by atoms with van der Waals surface area (Å²) >= 11 is 0. The van der Waals surface area contributed by atoms with E-state index in [2.05, 4.69) is 54.5 Å². The number of carbonyl (C=O) groups is 1. The van der Waals surface area contributed by atoms with Gasteiger partial charge in [-0.2, -0.15) is 0 Å². The van der Waals surface area contributed by atoms with E-state index in [4.69, 9.17) is 0 Å². The molecule has 0 aromatic carbocycles. The van der Waals surface area contributed by atoms with Gasteiger partial charge in [0.2, 0.25) is 0 Å². The van der Waals surface area contributed by atoms with Gasteiger partial charge < -0.3 is 0 Å². The SMILES string of the molecule is CC(C)CCC(C(C)C)[C@@H](C)[C@H]1CC[C@H]2[C@@H]3CC=C4CC(=O)CC[C@]4(C)[C@H]3CC[C@]12C. The highest BCUT2D eigenvalue weighted by Crippen LogP contribution is 2.67. The van der Waals surface area contributed by atoms with E-state index in [1.54, 1.807) is 0 Å². The van der Waals surface area contributed by atoms with Crippen molar-refractivity contribution in [3.63, 3.8) is 0 Å². The molecule has 4 rings (SSSR count). The molecule has 176 valence electrons. The molecule has 1 heteroatoms.